The van der Waals surface area contributed by atoms with Gasteiger partial charge in [-0.1, -0.05) is 13.0 Å². The zero-order chi connectivity index (χ0) is 14.7. The minimum atomic E-state index is -0.836. The summed E-state index contributed by atoms with van der Waals surface area (Å²) < 4.78 is 27.2. The maximum atomic E-state index is 13.8. The van der Waals surface area contributed by atoms with Crippen molar-refractivity contribution in [2.75, 3.05) is 6.54 Å². The van der Waals surface area contributed by atoms with Gasteiger partial charge in [0.25, 0.3) is 0 Å². The molecule has 1 heterocycles. The number of nitrogens with one attached hydrogen (secondary N) is 1. The van der Waals surface area contributed by atoms with E-state index in [1.54, 1.807) is 17.4 Å². The van der Waals surface area contributed by atoms with Gasteiger partial charge in [-0.15, -0.1) is 11.3 Å². The summed E-state index contributed by atoms with van der Waals surface area (Å²) in [5.74, 6) is -1.67. The van der Waals surface area contributed by atoms with Crippen molar-refractivity contribution in [2.45, 2.75) is 26.3 Å². The van der Waals surface area contributed by atoms with Gasteiger partial charge in [0, 0.05) is 4.88 Å². The first-order chi connectivity index (χ1) is 9.56. The first-order valence-electron chi connectivity index (χ1n) is 6.47. The molecule has 1 nitrogen and oxygen atoms in total. The van der Waals surface area contributed by atoms with E-state index in [0.717, 1.165) is 24.1 Å². The Morgan fingerprint density at radius 1 is 1.25 bits per heavy atom. The zero-order valence-electron chi connectivity index (χ0n) is 11.3. The largest absolute Gasteiger partial charge is 0.306 e. The van der Waals surface area contributed by atoms with E-state index in [-0.39, 0.29) is 10.5 Å². The monoisotopic (exact) mass is 359 g/mol. The molecule has 0 aliphatic heterocycles. The van der Waals surface area contributed by atoms with Crippen molar-refractivity contribution in [3.05, 3.63) is 55.7 Å². The molecule has 5 heteroatoms. The first-order valence-corrected chi connectivity index (χ1v) is 8.14. The molecule has 1 N–H and O–H groups in total. The fourth-order valence-electron chi connectivity index (χ4n) is 2.13. The topological polar surface area (TPSA) is 12.0 Å². The van der Waals surface area contributed by atoms with Gasteiger partial charge in [-0.05, 0) is 64.5 Å². The molecule has 0 amide bonds. The highest BCUT2D eigenvalue weighted by molar-refractivity contribution is 9.10. The van der Waals surface area contributed by atoms with E-state index in [1.807, 2.05) is 18.4 Å². The van der Waals surface area contributed by atoms with Crippen molar-refractivity contribution >= 4 is 27.3 Å². The van der Waals surface area contributed by atoms with Crippen LogP contribution in [0.2, 0.25) is 0 Å². The number of rotatable bonds is 5. The first kappa shape index (κ1) is 15.6. The molecule has 2 aromatic rings. The Bertz CT molecular complexity index is 598. The summed E-state index contributed by atoms with van der Waals surface area (Å²) in [6, 6.07) is 4.71. The van der Waals surface area contributed by atoms with Crippen LogP contribution >= 0.6 is 27.3 Å². The van der Waals surface area contributed by atoms with Crippen LogP contribution in [0, 0.1) is 18.6 Å². The van der Waals surface area contributed by atoms with Crippen molar-refractivity contribution in [2.24, 2.45) is 0 Å². The highest BCUT2D eigenvalue weighted by Crippen LogP contribution is 2.34. The molecule has 0 aliphatic carbocycles. The molecule has 1 aromatic carbocycles. The van der Waals surface area contributed by atoms with Crippen molar-refractivity contribution in [1.29, 1.82) is 0 Å². The van der Waals surface area contributed by atoms with Crippen LogP contribution in [0.25, 0.3) is 0 Å². The standard InChI is InChI=1S/C15H16BrF2NS/c1-3-7-19-15(10-6-8-20-9(10)2)11-4-5-12(17)14(18)13(11)16/h4-6,8,15,19H,3,7H2,1-2H3. The molecule has 108 valence electrons. The van der Waals surface area contributed by atoms with E-state index in [4.69, 9.17) is 0 Å². The van der Waals surface area contributed by atoms with E-state index in [2.05, 4.69) is 28.2 Å². The molecule has 0 bridgehead atoms. The molecular formula is C15H16BrF2NS. The van der Waals surface area contributed by atoms with Gasteiger partial charge in [0.2, 0.25) is 0 Å². The lowest BCUT2D eigenvalue weighted by Crippen LogP contribution is -2.24. The fraction of sp³-hybridized carbons (Fsp3) is 0.333. The van der Waals surface area contributed by atoms with Gasteiger partial charge in [-0.3, -0.25) is 0 Å². The molecule has 0 radical (unpaired) electrons. The molecule has 0 saturated heterocycles. The normalized spacial score (nSPS) is 12.7. The molecule has 0 aliphatic rings. The second-order valence-electron chi connectivity index (χ2n) is 4.58. The molecule has 0 spiro atoms. The summed E-state index contributed by atoms with van der Waals surface area (Å²) >= 11 is 4.83. The summed E-state index contributed by atoms with van der Waals surface area (Å²) in [5, 5.41) is 5.42. The number of aryl methyl sites for hydroxylation is 1. The Balaban J connectivity index is 2.47. The third-order valence-electron chi connectivity index (χ3n) is 3.18. The van der Waals surface area contributed by atoms with Crippen LogP contribution in [0.1, 0.15) is 35.4 Å². The average Bonchev–Trinajstić information content (AvgIpc) is 2.85. The quantitative estimate of drug-likeness (QED) is 0.724. The summed E-state index contributed by atoms with van der Waals surface area (Å²) in [6.07, 6.45) is 0.973. The molecule has 20 heavy (non-hydrogen) atoms. The van der Waals surface area contributed by atoms with Crippen molar-refractivity contribution in [3.8, 4) is 0 Å². The van der Waals surface area contributed by atoms with Gasteiger partial charge < -0.3 is 5.32 Å². The Hall–Kier alpha value is -0.780. The van der Waals surface area contributed by atoms with Gasteiger partial charge in [0.15, 0.2) is 11.6 Å². The SMILES string of the molecule is CCCNC(c1ccsc1C)c1ccc(F)c(F)c1Br. The summed E-state index contributed by atoms with van der Waals surface area (Å²) in [4.78, 5) is 1.18. The van der Waals surface area contributed by atoms with Crippen LogP contribution in [-0.2, 0) is 0 Å². The fourth-order valence-corrected chi connectivity index (χ4v) is 3.43. The summed E-state index contributed by atoms with van der Waals surface area (Å²) in [5.41, 5.74) is 1.83. The summed E-state index contributed by atoms with van der Waals surface area (Å²) in [7, 11) is 0. The minimum absolute atomic E-state index is 0.134. The smallest absolute Gasteiger partial charge is 0.173 e. The zero-order valence-corrected chi connectivity index (χ0v) is 13.7. The van der Waals surface area contributed by atoms with Gasteiger partial charge in [0.05, 0.1) is 10.5 Å². The van der Waals surface area contributed by atoms with E-state index in [9.17, 15) is 8.78 Å². The molecule has 1 unspecified atom stereocenters. The Morgan fingerprint density at radius 3 is 2.60 bits per heavy atom. The second-order valence-corrected chi connectivity index (χ2v) is 6.50. The number of hydrogen-bond donors (Lipinski definition) is 1. The average molecular weight is 360 g/mol. The highest BCUT2D eigenvalue weighted by Gasteiger charge is 2.22. The predicted octanol–water partition coefficient (Wildman–Crippen LogP) is 5.19. The number of thiophene rings is 1. The van der Waals surface area contributed by atoms with Gasteiger partial charge in [0.1, 0.15) is 0 Å². The van der Waals surface area contributed by atoms with Crippen LogP contribution in [0.4, 0.5) is 8.78 Å². The lowest BCUT2D eigenvalue weighted by Gasteiger charge is -2.21. The number of hydrogen-bond acceptors (Lipinski definition) is 2. The maximum Gasteiger partial charge on any atom is 0.173 e. The van der Waals surface area contributed by atoms with Crippen LogP contribution in [0.3, 0.4) is 0 Å². The number of halogens is 3. The predicted molar refractivity (Wildman–Crippen MR) is 83.3 cm³/mol. The Kier molecular flexibility index (Phi) is 5.29. The molecular weight excluding hydrogens is 344 g/mol. The van der Waals surface area contributed by atoms with E-state index in [0.29, 0.717) is 0 Å². The minimum Gasteiger partial charge on any atom is -0.306 e. The Labute approximate surface area is 130 Å². The van der Waals surface area contributed by atoms with Gasteiger partial charge >= 0.3 is 0 Å². The van der Waals surface area contributed by atoms with E-state index < -0.39 is 11.6 Å². The van der Waals surface area contributed by atoms with Crippen LogP contribution < -0.4 is 5.32 Å². The molecule has 1 aromatic heterocycles. The number of benzene rings is 1. The lowest BCUT2D eigenvalue weighted by atomic mass is 9.99. The van der Waals surface area contributed by atoms with E-state index >= 15 is 0 Å². The molecule has 0 saturated carbocycles. The van der Waals surface area contributed by atoms with E-state index in [1.165, 1.54) is 10.9 Å². The third-order valence-corrected chi connectivity index (χ3v) is 4.85. The van der Waals surface area contributed by atoms with Crippen LogP contribution in [-0.4, -0.2) is 6.54 Å². The van der Waals surface area contributed by atoms with Crippen molar-refractivity contribution < 1.29 is 8.78 Å². The van der Waals surface area contributed by atoms with Gasteiger partial charge in [-0.25, -0.2) is 8.78 Å². The van der Waals surface area contributed by atoms with Crippen molar-refractivity contribution in [3.63, 3.8) is 0 Å². The highest BCUT2D eigenvalue weighted by atomic mass is 79.9. The molecule has 2 rings (SSSR count). The van der Waals surface area contributed by atoms with Crippen LogP contribution in [0.5, 0.6) is 0 Å². The maximum absolute atomic E-state index is 13.8. The Morgan fingerprint density at radius 2 is 2.00 bits per heavy atom. The molecule has 0 fully saturated rings. The second kappa shape index (κ2) is 6.78. The van der Waals surface area contributed by atoms with Crippen molar-refractivity contribution in [1.82, 2.24) is 5.32 Å². The molecule has 1 atom stereocenters. The van der Waals surface area contributed by atoms with Crippen LogP contribution in [0.15, 0.2) is 28.1 Å². The third kappa shape index (κ3) is 3.10. The summed E-state index contributed by atoms with van der Waals surface area (Å²) in [6.45, 7) is 4.92. The lowest BCUT2D eigenvalue weighted by molar-refractivity contribution is 0.497. The van der Waals surface area contributed by atoms with Gasteiger partial charge in [-0.2, -0.15) is 0 Å².